The number of nitrogens with zero attached hydrogens (tertiary/aromatic N) is 1. The summed E-state index contributed by atoms with van der Waals surface area (Å²) in [6, 6.07) is 23.9. The zero-order chi connectivity index (χ0) is 14.7. The maximum atomic E-state index is 12.4. The largest absolute Gasteiger partial charge is 0.309 e. The molecule has 2 heteroatoms. The molecule has 0 N–H and O–H groups in total. The minimum absolute atomic E-state index is 0.0395. The van der Waals surface area contributed by atoms with E-state index >= 15 is 0 Å². The summed E-state index contributed by atoms with van der Waals surface area (Å²) in [5.41, 5.74) is 4.09. The van der Waals surface area contributed by atoms with Crippen molar-refractivity contribution in [3.8, 4) is 22.4 Å². The minimum atomic E-state index is 0.0395. The van der Waals surface area contributed by atoms with Crippen LogP contribution in [-0.4, -0.2) is 4.57 Å². The van der Waals surface area contributed by atoms with Crippen LogP contribution in [0.2, 0.25) is 0 Å². The summed E-state index contributed by atoms with van der Waals surface area (Å²) >= 11 is 0. The van der Waals surface area contributed by atoms with Gasteiger partial charge in [-0.3, -0.25) is 4.79 Å². The third-order valence-electron chi connectivity index (χ3n) is 3.62. The van der Waals surface area contributed by atoms with Crippen molar-refractivity contribution in [2.75, 3.05) is 0 Å². The van der Waals surface area contributed by atoms with Crippen LogP contribution in [0.1, 0.15) is 6.92 Å². The van der Waals surface area contributed by atoms with Crippen molar-refractivity contribution in [2.45, 2.75) is 13.5 Å². The Labute approximate surface area is 124 Å². The van der Waals surface area contributed by atoms with E-state index in [0.29, 0.717) is 6.54 Å². The molecular weight excluding hydrogens is 258 g/mol. The van der Waals surface area contributed by atoms with Crippen LogP contribution in [0.4, 0.5) is 0 Å². The first kappa shape index (κ1) is 13.4. The van der Waals surface area contributed by atoms with E-state index in [1.165, 1.54) is 0 Å². The molecule has 0 bridgehead atoms. The van der Waals surface area contributed by atoms with Gasteiger partial charge in [-0.15, -0.1) is 0 Å². The van der Waals surface area contributed by atoms with Crippen LogP contribution in [0.25, 0.3) is 22.4 Å². The van der Waals surface area contributed by atoms with Gasteiger partial charge >= 0.3 is 0 Å². The number of hydrogen-bond donors (Lipinski definition) is 0. The summed E-state index contributed by atoms with van der Waals surface area (Å²) in [6.45, 7) is 2.66. The fraction of sp³-hybridized carbons (Fsp3) is 0.105. The molecular formula is C19H17NO. The van der Waals surface area contributed by atoms with E-state index in [-0.39, 0.29) is 5.56 Å². The van der Waals surface area contributed by atoms with Crippen LogP contribution < -0.4 is 5.56 Å². The van der Waals surface area contributed by atoms with Gasteiger partial charge in [0.15, 0.2) is 0 Å². The van der Waals surface area contributed by atoms with Crippen molar-refractivity contribution in [2.24, 2.45) is 0 Å². The quantitative estimate of drug-likeness (QED) is 0.702. The Bertz CT molecular complexity index is 789. The van der Waals surface area contributed by atoms with Crippen molar-refractivity contribution < 1.29 is 0 Å². The number of pyridine rings is 1. The van der Waals surface area contributed by atoms with Crippen molar-refractivity contribution in [3.63, 3.8) is 0 Å². The summed E-state index contributed by atoms with van der Waals surface area (Å²) in [7, 11) is 0. The van der Waals surface area contributed by atoms with Gasteiger partial charge in [-0.05, 0) is 29.7 Å². The zero-order valence-electron chi connectivity index (χ0n) is 12.0. The standard InChI is InChI=1S/C19H17NO/c1-2-20-18(16-11-7-4-8-12-16)13-17(14-19(20)21)15-9-5-3-6-10-15/h3-14H,2H2,1H3. The molecule has 1 aromatic heterocycles. The average Bonchev–Trinajstić information content (AvgIpc) is 2.55. The lowest BCUT2D eigenvalue weighted by molar-refractivity contribution is 0.736. The number of benzene rings is 2. The maximum absolute atomic E-state index is 12.4. The van der Waals surface area contributed by atoms with Crippen molar-refractivity contribution >= 4 is 0 Å². The van der Waals surface area contributed by atoms with Gasteiger partial charge in [0.05, 0.1) is 5.69 Å². The first-order chi connectivity index (χ1) is 10.3. The molecule has 0 amide bonds. The van der Waals surface area contributed by atoms with E-state index in [0.717, 1.165) is 22.4 Å². The van der Waals surface area contributed by atoms with Gasteiger partial charge in [0.1, 0.15) is 0 Å². The van der Waals surface area contributed by atoms with Gasteiger partial charge in [-0.25, -0.2) is 0 Å². The smallest absolute Gasteiger partial charge is 0.251 e. The van der Waals surface area contributed by atoms with Crippen LogP contribution in [0.3, 0.4) is 0 Å². The topological polar surface area (TPSA) is 22.0 Å². The summed E-state index contributed by atoms with van der Waals surface area (Å²) in [5, 5.41) is 0. The van der Waals surface area contributed by atoms with Crippen LogP contribution in [0.15, 0.2) is 77.6 Å². The van der Waals surface area contributed by atoms with Crippen LogP contribution in [-0.2, 0) is 6.54 Å². The number of hydrogen-bond acceptors (Lipinski definition) is 1. The third kappa shape index (κ3) is 2.65. The molecule has 3 rings (SSSR count). The van der Waals surface area contributed by atoms with Gasteiger partial charge in [0.25, 0.3) is 5.56 Å². The van der Waals surface area contributed by atoms with Gasteiger partial charge in [0, 0.05) is 12.6 Å². The molecule has 0 saturated heterocycles. The first-order valence-electron chi connectivity index (χ1n) is 7.15. The Morgan fingerprint density at radius 1 is 0.762 bits per heavy atom. The Hall–Kier alpha value is -2.61. The van der Waals surface area contributed by atoms with Crippen molar-refractivity contribution in [1.29, 1.82) is 0 Å². The molecule has 2 nitrogen and oxygen atoms in total. The molecule has 0 saturated carbocycles. The second-order valence-electron chi connectivity index (χ2n) is 4.94. The molecule has 21 heavy (non-hydrogen) atoms. The van der Waals surface area contributed by atoms with Gasteiger partial charge in [-0.1, -0.05) is 60.7 Å². The second kappa shape index (κ2) is 5.80. The van der Waals surface area contributed by atoms with Gasteiger partial charge in [-0.2, -0.15) is 0 Å². The summed E-state index contributed by atoms with van der Waals surface area (Å²) < 4.78 is 1.81. The van der Waals surface area contributed by atoms with E-state index in [9.17, 15) is 4.79 Å². The van der Waals surface area contributed by atoms with Crippen molar-refractivity contribution in [3.05, 3.63) is 83.2 Å². The maximum Gasteiger partial charge on any atom is 0.251 e. The Morgan fingerprint density at radius 3 is 1.90 bits per heavy atom. The van der Waals surface area contributed by atoms with E-state index in [4.69, 9.17) is 0 Å². The van der Waals surface area contributed by atoms with Crippen molar-refractivity contribution in [1.82, 2.24) is 4.57 Å². The summed E-state index contributed by atoms with van der Waals surface area (Å²) in [5.74, 6) is 0. The molecule has 2 aromatic carbocycles. The Kier molecular flexibility index (Phi) is 3.69. The molecule has 0 fully saturated rings. The Morgan fingerprint density at radius 2 is 1.33 bits per heavy atom. The van der Waals surface area contributed by atoms with E-state index < -0.39 is 0 Å². The number of aromatic nitrogens is 1. The predicted octanol–water partition coefficient (Wildman–Crippen LogP) is 4.20. The highest BCUT2D eigenvalue weighted by atomic mass is 16.1. The first-order valence-corrected chi connectivity index (χ1v) is 7.15. The van der Waals surface area contributed by atoms with Crippen LogP contribution >= 0.6 is 0 Å². The van der Waals surface area contributed by atoms with Gasteiger partial charge in [0.2, 0.25) is 0 Å². The molecule has 0 unspecified atom stereocenters. The molecule has 0 aliphatic heterocycles. The van der Waals surface area contributed by atoms with E-state index in [1.807, 2.05) is 72.2 Å². The molecule has 1 heterocycles. The molecule has 0 atom stereocenters. The van der Waals surface area contributed by atoms with E-state index in [2.05, 4.69) is 6.07 Å². The predicted molar refractivity (Wildman–Crippen MR) is 87.2 cm³/mol. The molecule has 0 aliphatic carbocycles. The summed E-state index contributed by atoms with van der Waals surface area (Å²) in [4.78, 5) is 12.4. The monoisotopic (exact) mass is 275 g/mol. The lowest BCUT2D eigenvalue weighted by Crippen LogP contribution is -2.20. The lowest BCUT2D eigenvalue weighted by Gasteiger charge is -2.13. The fourth-order valence-corrected chi connectivity index (χ4v) is 2.57. The molecule has 0 aliphatic rings. The number of rotatable bonds is 3. The second-order valence-corrected chi connectivity index (χ2v) is 4.94. The SMILES string of the molecule is CCn1c(-c2ccccc2)cc(-c2ccccc2)cc1=O. The Balaban J connectivity index is 2.23. The van der Waals surface area contributed by atoms with Gasteiger partial charge < -0.3 is 4.57 Å². The fourth-order valence-electron chi connectivity index (χ4n) is 2.57. The third-order valence-corrected chi connectivity index (χ3v) is 3.62. The molecule has 104 valence electrons. The van der Waals surface area contributed by atoms with E-state index in [1.54, 1.807) is 6.07 Å². The molecule has 3 aromatic rings. The van der Waals surface area contributed by atoms with Crippen LogP contribution in [0, 0.1) is 0 Å². The highest BCUT2D eigenvalue weighted by Gasteiger charge is 2.08. The zero-order valence-corrected chi connectivity index (χ0v) is 12.0. The summed E-state index contributed by atoms with van der Waals surface area (Å²) in [6.07, 6.45) is 0. The molecule has 0 spiro atoms. The highest BCUT2D eigenvalue weighted by Crippen LogP contribution is 2.24. The molecule has 0 radical (unpaired) electrons. The normalized spacial score (nSPS) is 10.5. The lowest BCUT2D eigenvalue weighted by atomic mass is 10.0. The average molecular weight is 275 g/mol. The highest BCUT2D eigenvalue weighted by molar-refractivity contribution is 5.70. The van der Waals surface area contributed by atoms with Crippen LogP contribution in [0.5, 0.6) is 0 Å². The minimum Gasteiger partial charge on any atom is -0.309 e.